The Kier molecular flexibility index (Phi) is 2.61. The number of nitrogens with zero attached hydrogens (tertiary/aromatic N) is 2. The Morgan fingerprint density at radius 3 is 3.00 bits per heavy atom. The van der Waals surface area contributed by atoms with Gasteiger partial charge in [0.25, 0.3) is 0 Å². The number of nitrogens with two attached hydrogens (primary N) is 1. The van der Waals surface area contributed by atoms with Gasteiger partial charge in [0.05, 0.1) is 5.69 Å². The molecule has 2 N–H and O–H groups in total. The van der Waals surface area contributed by atoms with Gasteiger partial charge in [-0.3, -0.25) is 0 Å². The van der Waals surface area contributed by atoms with Gasteiger partial charge in [0, 0.05) is 35.6 Å². The van der Waals surface area contributed by atoms with E-state index in [2.05, 4.69) is 11.9 Å². The fourth-order valence-electron chi connectivity index (χ4n) is 2.13. The number of benzene rings is 1. The van der Waals surface area contributed by atoms with Gasteiger partial charge in [0.2, 0.25) is 0 Å². The molecule has 0 bridgehead atoms. The van der Waals surface area contributed by atoms with Crippen molar-refractivity contribution in [3.05, 3.63) is 34.8 Å². The second-order valence-corrected chi connectivity index (χ2v) is 5.55. The number of aromatic nitrogens is 1. The quantitative estimate of drug-likeness (QED) is 0.784. The molecule has 0 fully saturated rings. The lowest BCUT2D eigenvalue weighted by Gasteiger charge is -2.20. The summed E-state index contributed by atoms with van der Waals surface area (Å²) in [5.41, 5.74) is 9.13. The summed E-state index contributed by atoms with van der Waals surface area (Å²) in [5.74, 6) is 0. The van der Waals surface area contributed by atoms with Gasteiger partial charge < -0.3 is 10.6 Å². The third-order valence-electron chi connectivity index (χ3n) is 3.11. The highest BCUT2D eigenvalue weighted by Crippen LogP contribution is 2.33. The van der Waals surface area contributed by atoms with Gasteiger partial charge in [0.15, 0.2) is 0 Å². The molecule has 2 aromatic rings. The molecule has 2 heterocycles. The first kappa shape index (κ1) is 10.7. The molecule has 4 heteroatoms. The minimum atomic E-state index is 0.812. The molecule has 0 saturated carbocycles. The van der Waals surface area contributed by atoms with Crippen molar-refractivity contribution in [1.82, 2.24) is 9.88 Å². The lowest BCUT2D eigenvalue weighted by Crippen LogP contribution is -2.25. The normalized spacial score (nSPS) is 15.8. The van der Waals surface area contributed by atoms with E-state index in [0.717, 1.165) is 35.8 Å². The van der Waals surface area contributed by atoms with Crippen LogP contribution in [0.25, 0.3) is 10.6 Å². The van der Waals surface area contributed by atoms with E-state index in [-0.39, 0.29) is 0 Å². The largest absolute Gasteiger partial charge is 0.398 e. The zero-order valence-corrected chi connectivity index (χ0v) is 10.6. The van der Waals surface area contributed by atoms with E-state index in [9.17, 15) is 0 Å². The van der Waals surface area contributed by atoms with E-state index in [0.29, 0.717) is 0 Å². The summed E-state index contributed by atoms with van der Waals surface area (Å²) in [6.07, 6.45) is 1.05. The van der Waals surface area contributed by atoms with Gasteiger partial charge in [-0.05, 0) is 19.2 Å². The molecule has 1 aromatic carbocycles. The van der Waals surface area contributed by atoms with Crippen molar-refractivity contribution >= 4 is 17.0 Å². The number of fused-ring (bicyclic) bond motifs is 1. The molecule has 3 rings (SSSR count). The molecule has 17 heavy (non-hydrogen) atoms. The molecule has 0 atom stereocenters. The summed E-state index contributed by atoms with van der Waals surface area (Å²) >= 11 is 1.77. The maximum atomic E-state index is 5.99. The minimum Gasteiger partial charge on any atom is -0.398 e. The Hall–Kier alpha value is -1.39. The summed E-state index contributed by atoms with van der Waals surface area (Å²) in [6, 6.07) is 7.95. The van der Waals surface area contributed by atoms with Crippen LogP contribution in [-0.4, -0.2) is 23.5 Å². The van der Waals surface area contributed by atoms with Gasteiger partial charge in [-0.2, -0.15) is 0 Å². The highest BCUT2D eigenvalue weighted by molar-refractivity contribution is 7.15. The Labute approximate surface area is 105 Å². The fourth-order valence-corrected chi connectivity index (χ4v) is 3.37. The summed E-state index contributed by atoms with van der Waals surface area (Å²) in [6.45, 7) is 2.11. The van der Waals surface area contributed by atoms with Crippen LogP contribution in [0.2, 0.25) is 0 Å². The van der Waals surface area contributed by atoms with E-state index >= 15 is 0 Å². The number of rotatable bonds is 1. The van der Waals surface area contributed by atoms with Crippen molar-refractivity contribution < 1.29 is 0 Å². The van der Waals surface area contributed by atoms with Crippen molar-refractivity contribution in [3.63, 3.8) is 0 Å². The smallest absolute Gasteiger partial charge is 0.125 e. The molecule has 0 amide bonds. The highest BCUT2D eigenvalue weighted by atomic mass is 32.1. The Balaban J connectivity index is 2.03. The maximum Gasteiger partial charge on any atom is 0.125 e. The van der Waals surface area contributed by atoms with E-state index in [4.69, 9.17) is 10.7 Å². The second-order valence-electron chi connectivity index (χ2n) is 4.46. The predicted octanol–water partition coefficient (Wildman–Crippen LogP) is 2.38. The molecule has 3 nitrogen and oxygen atoms in total. The number of likely N-dealkylation sites (N-methyl/N-ethyl adjacent to an activating group) is 1. The predicted molar refractivity (Wildman–Crippen MR) is 72.0 cm³/mol. The fraction of sp³-hybridized carbons (Fsp3) is 0.308. The van der Waals surface area contributed by atoms with Crippen LogP contribution in [0.3, 0.4) is 0 Å². The Morgan fingerprint density at radius 1 is 1.35 bits per heavy atom. The molecule has 0 radical (unpaired) electrons. The van der Waals surface area contributed by atoms with Crippen molar-refractivity contribution in [2.75, 3.05) is 19.3 Å². The first-order valence-electron chi connectivity index (χ1n) is 5.76. The molecule has 0 saturated heterocycles. The van der Waals surface area contributed by atoms with Crippen LogP contribution in [0.5, 0.6) is 0 Å². The first-order chi connectivity index (χ1) is 8.24. The number of hydrogen-bond donors (Lipinski definition) is 1. The highest BCUT2D eigenvalue weighted by Gasteiger charge is 2.19. The van der Waals surface area contributed by atoms with E-state index in [1.807, 2.05) is 24.3 Å². The SMILES string of the molecule is CN1CCc2nc(-c3ccccc3N)sc2C1. The molecular weight excluding hydrogens is 230 g/mol. The van der Waals surface area contributed by atoms with Crippen LogP contribution in [0.15, 0.2) is 24.3 Å². The molecule has 1 aliphatic rings. The molecule has 88 valence electrons. The molecule has 1 aliphatic heterocycles. The lowest BCUT2D eigenvalue weighted by molar-refractivity contribution is 0.314. The maximum absolute atomic E-state index is 5.99. The average molecular weight is 245 g/mol. The number of anilines is 1. The molecular formula is C13H15N3S. The second kappa shape index (κ2) is 4.13. The molecule has 1 aromatic heterocycles. The molecule has 0 spiro atoms. The van der Waals surface area contributed by atoms with Crippen molar-refractivity contribution in [1.29, 1.82) is 0 Å². The van der Waals surface area contributed by atoms with Crippen LogP contribution in [0, 0.1) is 0 Å². The van der Waals surface area contributed by atoms with Gasteiger partial charge in [-0.1, -0.05) is 12.1 Å². The topological polar surface area (TPSA) is 42.2 Å². The van der Waals surface area contributed by atoms with Gasteiger partial charge in [-0.15, -0.1) is 11.3 Å². The molecule has 0 aliphatic carbocycles. The van der Waals surface area contributed by atoms with E-state index in [1.54, 1.807) is 11.3 Å². The first-order valence-corrected chi connectivity index (χ1v) is 6.57. The van der Waals surface area contributed by atoms with Gasteiger partial charge in [0.1, 0.15) is 5.01 Å². The summed E-state index contributed by atoms with van der Waals surface area (Å²) in [5, 5.41) is 1.06. The van der Waals surface area contributed by atoms with Crippen LogP contribution in [0.1, 0.15) is 10.6 Å². The van der Waals surface area contributed by atoms with E-state index in [1.165, 1.54) is 10.6 Å². The van der Waals surface area contributed by atoms with Crippen LogP contribution < -0.4 is 5.73 Å². The summed E-state index contributed by atoms with van der Waals surface area (Å²) < 4.78 is 0. The van der Waals surface area contributed by atoms with E-state index < -0.39 is 0 Å². The van der Waals surface area contributed by atoms with Crippen LogP contribution >= 0.6 is 11.3 Å². The van der Waals surface area contributed by atoms with Crippen molar-refractivity contribution in [2.45, 2.75) is 13.0 Å². The monoisotopic (exact) mass is 245 g/mol. The zero-order chi connectivity index (χ0) is 11.8. The number of para-hydroxylation sites is 1. The molecule has 0 unspecified atom stereocenters. The Bertz CT molecular complexity index is 547. The number of nitrogen functional groups attached to an aromatic ring is 1. The Morgan fingerprint density at radius 2 is 2.18 bits per heavy atom. The summed E-state index contributed by atoms with van der Waals surface area (Å²) in [7, 11) is 2.15. The van der Waals surface area contributed by atoms with Gasteiger partial charge in [-0.25, -0.2) is 4.98 Å². The van der Waals surface area contributed by atoms with Crippen LogP contribution in [0.4, 0.5) is 5.69 Å². The summed E-state index contributed by atoms with van der Waals surface area (Å²) in [4.78, 5) is 8.45. The number of hydrogen-bond acceptors (Lipinski definition) is 4. The third-order valence-corrected chi connectivity index (χ3v) is 4.23. The average Bonchev–Trinajstić information content (AvgIpc) is 2.72. The third kappa shape index (κ3) is 1.94. The van der Waals surface area contributed by atoms with Crippen molar-refractivity contribution in [2.24, 2.45) is 0 Å². The minimum absolute atomic E-state index is 0.812. The zero-order valence-electron chi connectivity index (χ0n) is 9.81. The standard InChI is InChI=1S/C13H15N3S/c1-16-7-6-11-12(8-16)17-13(15-11)9-4-2-3-5-10(9)14/h2-5H,6-8,14H2,1H3. The van der Waals surface area contributed by atoms with Crippen molar-refractivity contribution in [3.8, 4) is 10.6 Å². The lowest BCUT2D eigenvalue weighted by atomic mass is 10.2. The number of thiazole rings is 1. The van der Waals surface area contributed by atoms with Gasteiger partial charge >= 0.3 is 0 Å². The van der Waals surface area contributed by atoms with Crippen LogP contribution in [-0.2, 0) is 13.0 Å².